The molecule has 116 valence electrons. The van der Waals surface area contributed by atoms with E-state index in [1.807, 2.05) is 13.8 Å². The van der Waals surface area contributed by atoms with Crippen LogP contribution in [0.25, 0.3) is 0 Å². The number of hydrogen-bond acceptors (Lipinski definition) is 2. The van der Waals surface area contributed by atoms with Crippen molar-refractivity contribution in [2.24, 2.45) is 11.8 Å². The molecule has 5 nitrogen and oxygen atoms in total. The van der Waals surface area contributed by atoms with Crippen molar-refractivity contribution < 1.29 is 14.7 Å². The van der Waals surface area contributed by atoms with Gasteiger partial charge in [-0.3, -0.25) is 0 Å². The van der Waals surface area contributed by atoms with E-state index in [0.29, 0.717) is 5.92 Å². The van der Waals surface area contributed by atoms with Crippen LogP contribution in [0.3, 0.4) is 0 Å². The minimum absolute atomic E-state index is 0.0740. The molecule has 0 bridgehead atoms. The average Bonchev–Trinajstić information content (AvgIpc) is 2.42. The monoisotopic (exact) mass is 284 g/mol. The number of carbonyl (C=O) groups is 2. The number of rotatable bonds is 5. The first-order valence-corrected chi connectivity index (χ1v) is 7.62. The van der Waals surface area contributed by atoms with Gasteiger partial charge in [-0.25, -0.2) is 9.59 Å². The van der Waals surface area contributed by atoms with E-state index in [0.717, 1.165) is 25.7 Å². The van der Waals surface area contributed by atoms with Gasteiger partial charge in [-0.05, 0) is 24.7 Å². The summed E-state index contributed by atoms with van der Waals surface area (Å²) in [7, 11) is 1.77. The number of urea groups is 1. The second-order valence-electron chi connectivity index (χ2n) is 6.19. The summed E-state index contributed by atoms with van der Waals surface area (Å²) < 4.78 is 0. The van der Waals surface area contributed by atoms with Gasteiger partial charge in [0.25, 0.3) is 0 Å². The molecular formula is C15H28N2O3. The van der Waals surface area contributed by atoms with Crippen LogP contribution in [0.1, 0.15) is 52.9 Å². The van der Waals surface area contributed by atoms with Crippen LogP contribution in [-0.2, 0) is 4.79 Å². The Morgan fingerprint density at radius 2 is 2.05 bits per heavy atom. The lowest BCUT2D eigenvalue weighted by Crippen LogP contribution is -2.52. The average molecular weight is 284 g/mol. The molecule has 1 aliphatic rings. The summed E-state index contributed by atoms with van der Waals surface area (Å²) in [6, 6.07) is -0.849. The molecule has 1 aliphatic carbocycles. The van der Waals surface area contributed by atoms with Crippen LogP contribution in [0.2, 0.25) is 0 Å². The molecule has 0 aromatic carbocycles. The van der Waals surface area contributed by atoms with E-state index < -0.39 is 12.0 Å². The van der Waals surface area contributed by atoms with Crippen molar-refractivity contribution in [3.8, 4) is 0 Å². The SMILES string of the molecule is CCC(C)[C@H](NC(=O)N(C)C1CCCC(C)C1)C(=O)O. The van der Waals surface area contributed by atoms with Crippen molar-refractivity contribution in [2.75, 3.05) is 7.05 Å². The standard InChI is InChI=1S/C15H28N2O3/c1-5-11(3)13(14(18)19)16-15(20)17(4)12-8-6-7-10(2)9-12/h10-13H,5-9H2,1-4H3,(H,16,20)(H,18,19)/t10?,11?,12?,13-/m0/s1. The Hall–Kier alpha value is -1.26. The highest BCUT2D eigenvalue weighted by Crippen LogP contribution is 2.26. The van der Waals surface area contributed by atoms with Gasteiger partial charge in [-0.2, -0.15) is 0 Å². The third kappa shape index (κ3) is 4.39. The molecule has 1 rings (SSSR count). The Balaban J connectivity index is 2.61. The maximum atomic E-state index is 12.2. The minimum Gasteiger partial charge on any atom is -0.480 e. The van der Waals surface area contributed by atoms with E-state index >= 15 is 0 Å². The van der Waals surface area contributed by atoms with E-state index in [4.69, 9.17) is 0 Å². The summed E-state index contributed by atoms with van der Waals surface area (Å²) in [6.45, 7) is 5.98. The third-order valence-electron chi connectivity index (χ3n) is 4.53. The van der Waals surface area contributed by atoms with Crippen LogP contribution in [0.5, 0.6) is 0 Å². The van der Waals surface area contributed by atoms with Gasteiger partial charge < -0.3 is 15.3 Å². The first kappa shape index (κ1) is 16.8. The fourth-order valence-corrected chi connectivity index (χ4v) is 2.84. The molecule has 0 spiro atoms. The van der Waals surface area contributed by atoms with E-state index in [9.17, 15) is 14.7 Å². The van der Waals surface area contributed by atoms with Crippen LogP contribution in [0, 0.1) is 11.8 Å². The van der Waals surface area contributed by atoms with Crippen molar-refractivity contribution in [3.05, 3.63) is 0 Å². The Kier molecular flexibility index (Phi) is 6.30. The van der Waals surface area contributed by atoms with Crippen LogP contribution >= 0.6 is 0 Å². The number of nitrogens with zero attached hydrogens (tertiary/aromatic N) is 1. The predicted octanol–water partition coefficient (Wildman–Crippen LogP) is 2.71. The molecular weight excluding hydrogens is 256 g/mol. The molecule has 0 radical (unpaired) electrons. The zero-order chi connectivity index (χ0) is 15.3. The summed E-state index contributed by atoms with van der Waals surface area (Å²) in [4.78, 5) is 25.2. The molecule has 4 atom stereocenters. The fourth-order valence-electron chi connectivity index (χ4n) is 2.84. The summed E-state index contributed by atoms with van der Waals surface area (Å²) in [6.07, 6.45) is 5.09. The number of carboxylic acid groups (broad SMARTS) is 1. The summed E-state index contributed by atoms with van der Waals surface area (Å²) >= 11 is 0. The van der Waals surface area contributed by atoms with Crippen molar-refractivity contribution in [1.29, 1.82) is 0 Å². The molecule has 2 N–H and O–H groups in total. The second-order valence-corrected chi connectivity index (χ2v) is 6.19. The third-order valence-corrected chi connectivity index (χ3v) is 4.53. The van der Waals surface area contributed by atoms with Gasteiger partial charge in [-0.15, -0.1) is 0 Å². The lowest BCUT2D eigenvalue weighted by atomic mass is 9.86. The van der Waals surface area contributed by atoms with E-state index in [2.05, 4.69) is 12.2 Å². The van der Waals surface area contributed by atoms with Gasteiger partial charge in [0.05, 0.1) is 0 Å². The number of carbonyl (C=O) groups excluding carboxylic acids is 1. The van der Waals surface area contributed by atoms with Crippen LogP contribution in [0.15, 0.2) is 0 Å². The maximum absolute atomic E-state index is 12.2. The molecule has 2 amide bonds. The number of aliphatic carboxylic acids is 1. The smallest absolute Gasteiger partial charge is 0.326 e. The summed E-state index contributed by atoms with van der Waals surface area (Å²) in [5, 5.41) is 11.9. The molecule has 0 aromatic heterocycles. The molecule has 0 aromatic rings. The van der Waals surface area contributed by atoms with Gasteiger partial charge in [0, 0.05) is 13.1 Å². The molecule has 3 unspecified atom stereocenters. The number of carboxylic acids is 1. The van der Waals surface area contributed by atoms with Crippen LogP contribution in [0.4, 0.5) is 4.79 Å². The highest BCUT2D eigenvalue weighted by atomic mass is 16.4. The van der Waals surface area contributed by atoms with Crippen molar-refractivity contribution in [3.63, 3.8) is 0 Å². The Morgan fingerprint density at radius 1 is 1.40 bits per heavy atom. The van der Waals surface area contributed by atoms with Gasteiger partial charge in [-0.1, -0.05) is 40.0 Å². The minimum atomic E-state index is -0.960. The number of nitrogens with one attached hydrogen (secondary N) is 1. The summed E-state index contributed by atoms with van der Waals surface area (Å²) in [5.74, 6) is -0.401. The summed E-state index contributed by atoms with van der Waals surface area (Å²) in [5.41, 5.74) is 0. The van der Waals surface area contributed by atoms with Gasteiger partial charge >= 0.3 is 12.0 Å². The molecule has 0 saturated heterocycles. The zero-order valence-corrected chi connectivity index (χ0v) is 13.1. The zero-order valence-electron chi connectivity index (χ0n) is 13.1. The van der Waals surface area contributed by atoms with Crippen molar-refractivity contribution >= 4 is 12.0 Å². The largest absolute Gasteiger partial charge is 0.480 e. The topological polar surface area (TPSA) is 69.6 Å². The van der Waals surface area contributed by atoms with Crippen LogP contribution in [-0.4, -0.2) is 41.1 Å². The van der Waals surface area contributed by atoms with Crippen molar-refractivity contribution in [2.45, 2.75) is 65.0 Å². The van der Waals surface area contributed by atoms with E-state index in [1.54, 1.807) is 11.9 Å². The molecule has 0 aliphatic heterocycles. The number of hydrogen-bond donors (Lipinski definition) is 2. The van der Waals surface area contributed by atoms with Crippen LogP contribution < -0.4 is 5.32 Å². The molecule has 0 heterocycles. The molecule has 5 heteroatoms. The lowest BCUT2D eigenvalue weighted by molar-refractivity contribution is -0.140. The first-order valence-electron chi connectivity index (χ1n) is 7.62. The maximum Gasteiger partial charge on any atom is 0.326 e. The molecule has 1 fully saturated rings. The first-order chi connectivity index (χ1) is 9.36. The van der Waals surface area contributed by atoms with Gasteiger partial charge in [0.15, 0.2) is 0 Å². The Labute approximate surface area is 121 Å². The predicted molar refractivity (Wildman–Crippen MR) is 78.6 cm³/mol. The van der Waals surface area contributed by atoms with Gasteiger partial charge in [0.1, 0.15) is 6.04 Å². The van der Waals surface area contributed by atoms with E-state index in [-0.39, 0.29) is 18.0 Å². The highest BCUT2D eigenvalue weighted by Gasteiger charge is 2.30. The second kappa shape index (κ2) is 7.50. The van der Waals surface area contributed by atoms with Gasteiger partial charge in [0.2, 0.25) is 0 Å². The normalized spacial score (nSPS) is 25.6. The molecule has 1 saturated carbocycles. The number of amides is 2. The lowest BCUT2D eigenvalue weighted by Gasteiger charge is -2.35. The fraction of sp³-hybridized carbons (Fsp3) is 0.867. The van der Waals surface area contributed by atoms with E-state index in [1.165, 1.54) is 6.42 Å². The Bertz CT molecular complexity index is 346. The Morgan fingerprint density at radius 3 is 2.55 bits per heavy atom. The molecule has 20 heavy (non-hydrogen) atoms. The quantitative estimate of drug-likeness (QED) is 0.815. The van der Waals surface area contributed by atoms with Crippen molar-refractivity contribution in [1.82, 2.24) is 10.2 Å². The highest BCUT2D eigenvalue weighted by molar-refractivity contribution is 5.82.